The molecule has 1 aliphatic carbocycles. The zero-order valence-electron chi connectivity index (χ0n) is 20.6. The summed E-state index contributed by atoms with van der Waals surface area (Å²) < 4.78 is 95.1. The van der Waals surface area contributed by atoms with Crippen molar-refractivity contribution in [3.63, 3.8) is 0 Å². The summed E-state index contributed by atoms with van der Waals surface area (Å²) in [5.41, 5.74) is -0.0141. The zero-order valence-corrected chi connectivity index (χ0v) is 22.2. The van der Waals surface area contributed by atoms with Crippen molar-refractivity contribution in [2.24, 2.45) is 4.99 Å². The largest absolute Gasteiger partial charge is 0.416 e. The Hall–Kier alpha value is -2.97. The van der Waals surface area contributed by atoms with E-state index >= 15 is 0 Å². The number of benzene rings is 2. The van der Waals surface area contributed by atoms with Crippen LogP contribution in [-0.2, 0) is 37.4 Å². The van der Waals surface area contributed by atoms with Crippen molar-refractivity contribution >= 4 is 31.8 Å². The SMILES string of the molecule is O=C1CC(c2ccc(CC(NS(=O)(=O)c3cccc(C(F)(F)F)c3)C3=N[C@@H]4CCCC[C@H]4N3)cc2)S(=O)(=O)N1. The first kappa shape index (κ1) is 27.6. The third-order valence-electron chi connectivity index (χ3n) is 7.26. The van der Waals surface area contributed by atoms with E-state index < -0.39 is 53.9 Å². The Balaban J connectivity index is 1.42. The van der Waals surface area contributed by atoms with E-state index in [1.165, 1.54) is 0 Å². The van der Waals surface area contributed by atoms with Gasteiger partial charge in [0.05, 0.1) is 29.0 Å². The lowest BCUT2D eigenvalue weighted by Crippen LogP contribution is -2.48. The molecule has 2 fully saturated rings. The predicted octanol–water partition coefficient (Wildman–Crippen LogP) is 2.80. The number of carbonyl (C=O) groups excluding carboxylic acids is 1. The molecular weight excluding hydrogens is 557 g/mol. The van der Waals surface area contributed by atoms with Gasteiger partial charge in [-0.1, -0.05) is 43.2 Å². The van der Waals surface area contributed by atoms with Crippen LogP contribution in [0, 0.1) is 0 Å². The van der Waals surface area contributed by atoms with Gasteiger partial charge in [0.1, 0.15) is 11.1 Å². The fraction of sp³-hybridized carbons (Fsp3) is 0.440. The van der Waals surface area contributed by atoms with E-state index in [0.717, 1.165) is 43.9 Å². The summed E-state index contributed by atoms with van der Waals surface area (Å²) in [5.74, 6) is -0.167. The van der Waals surface area contributed by atoms with E-state index in [2.05, 4.69) is 10.0 Å². The van der Waals surface area contributed by atoms with Gasteiger partial charge in [-0.05, 0) is 48.6 Å². The lowest BCUT2D eigenvalue weighted by atomic mass is 9.92. The van der Waals surface area contributed by atoms with Crippen LogP contribution in [0.15, 0.2) is 58.4 Å². The molecule has 1 amide bonds. The topological polar surface area (TPSA) is 134 Å². The number of halogens is 3. The molecular formula is C25H27F3N4O5S2. The van der Waals surface area contributed by atoms with Crippen molar-refractivity contribution < 1.29 is 34.8 Å². The van der Waals surface area contributed by atoms with E-state index in [-0.39, 0.29) is 24.9 Å². The van der Waals surface area contributed by atoms with Gasteiger partial charge in [0.2, 0.25) is 26.0 Å². The summed E-state index contributed by atoms with van der Waals surface area (Å²) in [6, 6.07) is 9.12. The minimum absolute atomic E-state index is 0.00528. The number of nitrogens with zero attached hydrogens (tertiary/aromatic N) is 1. The number of sulfonamides is 2. The zero-order chi connectivity index (χ0) is 28.0. The van der Waals surface area contributed by atoms with Gasteiger partial charge in [-0.15, -0.1) is 0 Å². The van der Waals surface area contributed by atoms with Crippen molar-refractivity contribution in [3.8, 4) is 0 Å². The smallest absolute Gasteiger partial charge is 0.368 e. The van der Waals surface area contributed by atoms with Crippen LogP contribution >= 0.6 is 0 Å². The van der Waals surface area contributed by atoms with Gasteiger partial charge < -0.3 is 5.32 Å². The molecule has 0 spiro atoms. The minimum atomic E-state index is -4.70. The molecule has 0 radical (unpaired) electrons. The first-order valence-corrected chi connectivity index (χ1v) is 15.5. The molecule has 0 aromatic heterocycles. The van der Waals surface area contributed by atoms with Gasteiger partial charge >= 0.3 is 6.18 Å². The fourth-order valence-corrected chi connectivity index (χ4v) is 7.94. The minimum Gasteiger partial charge on any atom is -0.368 e. The normalized spacial score (nSPS) is 25.4. The van der Waals surface area contributed by atoms with E-state index in [0.29, 0.717) is 23.0 Å². The molecule has 0 bridgehead atoms. The maximum atomic E-state index is 13.2. The Morgan fingerprint density at radius 1 is 1.08 bits per heavy atom. The highest BCUT2D eigenvalue weighted by Gasteiger charge is 2.39. The summed E-state index contributed by atoms with van der Waals surface area (Å²) in [7, 11) is -8.19. The van der Waals surface area contributed by atoms with Gasteiger partial charge in [0.25, 0.3) is 0 Å². The van der Waals surface area contributed by atoms with Crippen LogP contribution in [0.2, 0.25) is 0 Å². The summed E-state index contributed by atoms with van der Waals surface area (Å²) in [4.78, 5) is 15.8. The predicted molar refractivity (Wildman–Crippen MR) is 137 cm³/mol. The number of amidine groups is 1. The van der Waals surface area contributed by atoms with E-state index in [4.69, 9.17) is 4.99 Å². The summed E-state index contributed by atoms with van der Waals surface area (Å²) in [6.07, 6.45) is -1.04. The summed E-state index contributed by atoms with van der Waals surface area (Å²) in [5, 5.41) is 2.30. The van der Waals surface area contributed by atoms with E-state index in [1.54, 1.807) is 24.3 Å². The van der Waals surface area contributed by atoms with Gasteiger partial charge in [0, 0.05) is 6.04 Å². The standard InChI is InChI=1S/C25H27F3N4O5S2/c26-25(27,28)17-4-3-5-18(13-17)38(34,35)31-21(24-29-19-6-1-2-7-20(19)30-24)12-15-8-10-16(11-9-15)22-14-23(33)32-39(22,36)37/h3-5,8-11,13,19-22,31H,1-2,6-7,12,14H2,(H,29,30)(H,32,33)/t19-,20-,21?,22?/m1/s1. The summed E-state index contributed by atoms with van der Waals surface area (Å²) >= 11 is 0. The molecule has 2 aromatic rings. The molecule has 3 N–H and O–H groups in total. The average molecular weight is 585 g/mol. The van der Waals surface area contributed by atoms with Gasteiger partial charge in [-0.25, -0.2) is 21.6 Å². The lowest BCUT2D eigenvalue weighted by Gasteiger charge is -2.24. The molecule has 14 heteroatoms. The number of nitrogens with one attached hydrogen (secondary N) is 3. The van der Waals surface area contributed by atoms with Crippen LogP contribution in [-0.4, -0.2) is 46.7 Å². The molecule has 39 heavy (non-hydrogen) atoms. The maximum absolute atomic E-state index is 13.2. The number of hydrogen-bond donors (Lipinski definition) is 3. The molecule has 1 saturated carbocycles. The third-order valence-corrected chi connectivity index (χ3v) is 10.4. The number of rotatable bonds is 7. The molecule has 210 valence electrons. The molecule has 1 saturated heterocycles. The van der Waals surface area contributed by atoms with Crippen molar-refractivity contribution in [1.82, 2.24) is 14.8 Å². The van der Waals surface area contributed by atoms with Gasteiger partial charge in [-0.2, -0.15) is 13.2 Å². The quantitative estimate of drug-likeness (QED) is 0.459. The molecule has 2 aliphatic heterocycles. The van der Waals surface area contributed by atoms with Crippen LogP contribution in [0.4, 0.5) is 13.2 Å². The van der Waals surface area contributed by atoms with Crippen molar-refractivity contribution in [1.29, 1.82) is 0 Å². The number of aliphatic imine (C=N–C) groups is 1. The Morgan fingerprint density at radius 3 is 2.44 bits per heavy atom. The average Bonchev–Trinajstić information content (AvgIpc) is 3.43. The number of alkyl halides is 3. The molecule has 9 nitrogen and oxygen atoms in total. The molecule has 2 aromatic carbocycles. The Labute approximate surface area is 224 Å². The number of fused-ring (bicyclic) bond motifs is 1. The van der Waals surface area contributed by atoms with Gasteiger partial charge in [-0.3, -0.25) is 14.5 Å². The van der Waals surface area contributed by atoms with Crippen LogP contribution in [0.1, 0.15) is 54.0 Å². The van der Waals surface area contributed by atoms with Crippen molar-refractivity contribution in [2.75, 3.05) is 0 Å². The van der Waals surface area contributed by atoms with Crippen LogP contribution < -0.4 is 14.8 Å². The molecule has 2 heterocycles. The second kappa shape index (κ2) is 10.2. The summed E-state index contributed by atoms with van der Waals surface area (Å²) in [6.45, 7) is 0. The van der Waals surface area contributed by atoms with Crippen LogP contribution in [0.25, 0.3) is 0 Å². The van der Waals surface area contributed by atoms with E-state index in [1.807, 2.05) is 4.72 Å². The van der Waals surface area contributed by atoms with E-state index in [9.17, 15) is 34.8 Å². The highest BCUT2D eigenvalue weighted by atomic mass is 32.2. The van der Waals surface area contributed by atoms with Crippen LogP contribution in [0.5, 0.6) is 0 Å². The molecule has 3 aliphatic rings. The highest BCUT2D eigenvalue weighted by molar-refractivity contribution is 7.90. The van der Waals surface area contributed by atoms with Crippen molar-refractivity contribution in [2.45, 2.75) is 73.0 Å². The lowest BCUT2D eigenvalue weighted by molar-refractivity contribution is -0.137. The number of carbonyl (C=O) groups is 1. The third kappa shape index (κ3) is 5.97. The number of amides is 1. The highest BCUT2D eigenvalue weighted by Crippen LogP contribution is 2.32. The fourth-order valence-electron chi connectivity index (χ4n) is 5.27. The Kier molecular flexibility index (Phi) is 7.22. The molecule has 5 rings (SSSR count). The maximum Gasteiger partial charge on any atom is 0.416 e. The molecule has 4 atom stereocenters. The molecule has 2 unspecified atom stereocenters. The second-order valence-electron chi connectivity index (χ2n) is 10.0. The Morgan fingerprint density at radius 2 is 1.79 bits per heavy atom. The first-order valence-electron chi connectivity index (χ1n) is 12.5. The second-order valence-corrected chi connectivity index (χ2v) is 13.6. The van der Waals surface area contributed by atoms with Crippen molar-refractivity contribution in [3.05, 3.63) is 65.2 Å². The first-order chi connectivity index (χ1) is 18.3. The van der Waals surface area contributed by atoms with Gasteiger partial charge in [0.15, 0.2) is 0 Å². The monoisotopic (exact) mass is 584 g/mol. The Bertz CT molecular complexity index is 1510. The van der Waals surface area contributed by atoms with Crippen LogP contribution in [0.3, 0.4) is 0 Å². The number of hydrogen-bond acceptors (Lipinski definition) is 7.